The highest BCUT2D eigenvalue weighted by atomic mass is 16.5. The van der Waals surface area contributed by atoms with E-state index in [-0.39, 0.29) is 6.03 Å². The summed E-state index contributed by atoms with van der Waals surface area (Å²) in [7, 11) is 0. The number of para-hydroxylation sites is 1. The lowest BCUT2D eigenvalue weighted by atomic mass is 9.99. The summed E-state index contributed by atoms with van der Waals surface area (Å²) in [5, 5.41) is 2.97. The van der Waals surface area contributed by atoms with Gasteiger partial charge in [0.1, 0.15) is 5.75 Å². The molecule has 1 heterocycles. The van der Waals surface area contributed by atoms with Crippen molar-refractivity contribution in [3.8, 4) is 5.75 Å². The van der Waals surface area contributed by atoms with Crippen LogP contribution in [-0.2, 0) is 6.54 Å². The molecule has 3 rings (SSSR count). The molecule has 1 aliphatic rings. The second-order valence-electron chi connectivity index (χ2n) is 6.86. The molecule has 0 radical (unpaired) electrons. The summed E-state index contributed by atoms with van der Waals surface area (Å²) in [5.41, 5.74) is 8.59. The van der Waals surface area contributed by atoms with E-state index in [0.29, 0.717) is 19.1 Å². The van der Waals surface area contributed by atoms with Crippen LogP contribution in [0.4, 0.5) is 10.5 Å². The van der Waals surface area contributed by atoms with Gasteiger partial charge in [-0.3, -0.25) is 0 Å². The maximum atomic E-state index is 12.5. The maximum Gasteiger partial charge on any atom is 0.321 e. The molecule has 0 aromatic heterocycles. The van der Waals surface area contributed by atoms with Crippen LogP contribution in [0, 0.1) is 12.8 Å². The summed E-state index contributed by atoms with van der Waals surface area (Å²) in [4.78, 5) is 14.4. The molecule has 0 saturated carbocycles. The van der Waals surface area contributed by atoms with Crippen LogP contribution in [0.25, 0.3) is 0 Å². The first-order valence-corrected chi connectivity index (χ1v) is 9.19. The third-order valence-corrected chi connectivity index (χ3v) is 4.82. The molecule has 1 atom stereocenters. The number of nitrogens with two attached hydrogens (primary N) is 1. The molecule has 1 aliphatic heterocycles. The fourth-order valence-electron chi connectivity index (χ4n) is 3.24. The summed E-state index contributed by atoms with van der Waals surface area (Å²) in [6.45, 7) is 4.70. The van der Waals surface area contributed by atoms with Gasteiger partial charge in [-0.05, 0) is 49.1 Å². The van der Waals surface area contributed by atoms with Crippen LogP contribution in [0.2, 0.25) is 0 Å². The zero-order valence-corrected chi connectivity index (χ0v) is 15.3. The van der Waals surface area contributed by atoms with Gasteiger partial charge >= 0.3 is 6.03 Å². The van der Waals surface area contributed by atoms with Crippen molar-refractivity contribution < 1.29 is 9.53 Å². The van der Waals surface area contributed by atoms with Gasteiger partial charge in [-0.25, -0.2) is 4.79 Å². The lowest BCUT2D eigenvalue weighted by Gasteiger charge is -2.32. The Kier molecular flexibility index (Phi) is 6.12. The van der Waals surface area contributed by atoms with Crippen molar-refractivity contribution in [2.24, 2.45) is 11.7 Å². The Morgan fingerprint density at radius 2 is 2.00 bits per heavy atom. The molecule has 2 aromatic rings. The largest absolute Gasteiger partial charge is 0.493 e. The highest BCUT2D eigenvalue weighted by Crippen LogP contribution is 2.22. The number of carbonyl (C=O) groups excluding carboxylic acids is 1. The molecule has 2 amide bonds. The van der Waals surface area contributed by atoms with Crippen LogP contribution in [0.5, 0.6) is 5.75 Å². The molecule has 26 heavy (non-hydrogen) atoms. The molecular weight excluding hydrogens is 326 g/mol. The Morgan fingerprint density at radius 1 is 1.23 bits per heavy atom. The van der Waals surface area contributed by atoms with E-state index in [1.165, 1.54) is 0 Å². The van der Waals surface area contributed by atoms with Crippen molar-refractivity contribution in [1.29, 1.82) is 0 Å². The van der Waals surface area contributed by atoms with Gasteiger partial charge in [0.25, 0.3) is 0 Å². The number of aryl methyl sites for hydroxylation is 1. The van der Waals surface area contributed by atoms with Gasteiger partial charge in [0.2, 0.25) is 0 Å². The minimum atomic E-state index is -0.0499. The van der Waals surface area contributed by atoms with Crippen molar-refractivity contribution in [3.63, 3.8) is 0 Å². The number of likely N-dealkylation sites (tertiary alicyclic amines) is 1. The lowest BCUT2D eigenvalue weighted by molar-refractivity contribution is 0.144. The number of nitrogens with one attached hydrogen (secondary N) is 1. The molecule has 1 saturated heterocycles. The summed E-state index contributed by atoms with van der Waals surface area (Å²) in [6, 6.07) is 15.6. The van der Waals surface area contributed by atoms with Crippen molar-refractivity contribution in [1.82, 2.24) is 4.90 Å². The zero-order valence-electron chi connectivity index (χ0n) is 15.3. The first-order chi connectivity index (χ1) is 12.7. The molecule has 2 aromatic carbocycles. The van der Waals surface area contributed by atoms with Gasteiger partial charge in [0.05, 0.1) is 6.61 Å². The van der Waals surface area contributed by atoms with E-state index in [1.807, 2.05) is 60.4 Å². The summed E-state index contributed by atoms with van der Waals surface area (Å²) in [5.74, 6) is 1.28. The summed E-state index contributed by atoms with van der Waals surface area (Å²) in [6.07, 6.45) is 2.09. The summed E-state index contributed by atoms with van der Waals surface area (Å²) >= 11 is 0. The summed E-state index contributed by atoms with van der Waals surface area (Å²) < 4.78 is 5.98. The standard InChI is InChI=1S/C21H27N3O2/c1-16-5-2-3-7-20(16)26-15-18-6-4-12-24(14-18)21(25)23-19-10-8-17(13-22)9-11-19/h2-3,5,7-11,18H,4,6,12-15,22H2,1H3,(H,23,25)/t18-/m0/s1. The lowest BCUT2D eigenvalue weighted by Crippen LogP contribution is -2.43. The van der Waals surface area contributed by atoms with Crippen molar-refractivity contribution in [2.45, 2.75) is 26.3 Å². The minimum absolute atomic E-state index is 0.0499. The molecular formula is C21H27N3O2. The minimum Gasteiger partial charge on any atom is -0.493 e. The number of hydrogen-bond acceptors (Lipinski definition) is 3. The van der Waals surface area contributed by atoms with Crippen molar-refractivity contribution in [3.05, 3.63) is 59.7 Å². The van der Waals surface area contributed by atoms with E-state index < -0.39 is 0 Å². The Bertz CT molecular complexity index is 730. The molecule has 0 bridgehead atoms. The van der Waals surface area contributed by atoms with Gasteiger partial charge < -0.3 is 20.7 Å². The van der Waals surface area contributed by atoms with Crippen LogP contribution in [0.1, 0.15) is 24.0 Å². The van der Waals surface area contributed by atoms with Crippen molar-refractivity contribution in [2.75, 3.05) is 25.0 Å². The predicted molar refractivity (Wildman–Crippen MR) is 104 cm³/mol. The number of piperidine rings is 1. The number of ether oxygens (including phenoxy) is 1. The van der Waals surface area contributed by atoms with Gasteiger partial charge in [-0.1, -0.05) is 30.3 Å². The quantitative estimate of drug-likeness (QED) is 0.860. The molecule has 0 aliphatic carbocycles. The molecule has 138 valence electrons. The second kappa shape index (κ2) is 8.72. The van der Waals surface area contributed by atoms with E-state index in [2.05, 4.69) is 5.32 Å². The van der Waals surface area contributed by atoms with Crippen LogP contribution >= 0.6 is 0 Å². The maximum absolute atomic E-state index is 12.5. The molecule has 0 unspecified atom stereocenters. The fourth-order valence-corrected chi connectivity index (χ4v) is 3.24. The monoisotopic (exact) mass is 353 g/mol. The number of urea groups is 1. The second-order valence-corrected chi connectivity index (χ2v) is 6.86. The Hall–Kier alpha value is -2.53. The van der Waals surface area contributed by atoms with Gasteiger partial charge in [-0.15, -0.1) is 0 Å². The van der Waals surface area contributed by atoms with E-state index in [1.54, 1.807) is 0 Å². The number of nitrogens with zero attached hydrogens (tertiary/aromatic N) is 1. The van der Waals surface area contributed by atoms with Crippen LogP contribution in [0.3, 0.4) is 0 Å². The van der Waals surface area contributed by atoms with Gasteiger partial charge in [-0.2, -0.15) is 0 Å². The van der Waals surface area contributed by atoms with Crippen molar-refractivity contribution >= 4 is 11.7 Å². The average molecular weight is 353 g/mol. The Labute approximate surface area is 155 Å². The number of benzene rings is 2. The van der Waals surface area contributed by atoms with Crippen LogP contribution < -0.4 is 15.8 Å². The molecule has 5 nitrogen and oxygen atoms in total. The highest BCUT2D eigenvalue weighted by Gasteiger charge is 2.24. The smallest absolute Gasteiger partial charge is 0.321 e. The first kappa shape index (κ1) is 18.3. The number of rotatable bonds is 5. The molecule has 5 heteroatoms. The first-order valence-electron chi connectivity index (χ1n) is 9.19. The Balaban J connectivity index is 1.52. The molecule has 0 spiro atoms. The van der Waals surface area contributed by atoms with Crippen LogP contribution in [-0.4, -0.2) is 30.6 Å². The third-order valence-electron chi connectivity index (χ3n) is 4.82. The zero-order chi connectivity index (χ0) is 18.4. The van der Waals surface area contributed by atoms with E-state index >= 15 is 0 Å². The van der Waals surface area contributed by atoms with Gasteiger partial charge in [0, 0.05) is 31.2 Å². The van der Waals surface area contributed by atoms with E-state index in [9.17, 15) is 4.79 Å². The Morgan fingerprint density at radius 3 is 2.73 bits per heavy atom. The molecule has 3 N–H and O–H groups in total. The third kappa shape index (κ3) is 4.76. The number of carbonyl (C=O) groups is 1. The van der Waals surface area contributed by atoms with E-state index in [0.717, 1.165) is 48.5 Å². The number of hydrogen-bond donors (Lipinski definition) is 2. The number of amides is 2. The molecule has 1 fully saturated rings. The van der Waals surface area contributed by atoms with Crippen LogP contribution in [0.15, 0.2) is 48.5 Å². The fraction of sp³-hybridized carbons (Fsp3) is 0.381. The number of anilines is 1. The predicted octanol–water partition coefficient (Wildman–Crippen LogP) is 3.78. The topological polar surface area (TPSA) is 67.6 Å². The highest BCUT2D eigenvalue weighted by molar-refractivity contribution is 5.89. The normalized spacial score (nSPS) is 17.0. The van der Waals surface area contributed by atoms with Gasteiger partial charge in [0.15, 0.2) is 0 Å². The SMILES string of the molecule is Cc1ccccc1OC[C@H]1CCCN(C(=O)Nc2ccc(CN)cc2)C1. The van der Waals surface area contributed by atoms with E-state index in [4.69, 9.17) is 10.5 Å². The average Bonchev–Trinajstić information content (AvgIpc) is 2.68.